The predicted molar refractivity (Wildman–Crippen MR) is 72.4 cm³/mol. The Morgan fingerprint density at radius 2 is 2.21 bits per heavy atom. The van der Waals surface area contributed by atoms with Gasteiger partial charge in [0.1, 0.15) is 0 Å². The van der Waals surface area contributed by atoms with Gasteiger partial charge in [-0.25, -0.2) is 0 Å². The van der Waals surface area contributed by atoms with E-state index < -0.39 is 16.8 Å². The number of aryl methyl sites for hydroxylation is 1. The SMILES string of the molecule is CCCC(CNc1ccc(C)c([N+](=O)[O-])c1)C(=O)O. The van der Waals surface area contributed by atoms with E-state index in [1.807, 2.05) is 6.92 Å². The first kappa shape index (κ1) is 14.9. The van der Waals surface area contributed by atoms with E-state index in [-0.39, 0.29) is 12.2 Å². The molecule has 0 fully saturated rings. The lowest BCUT2D eigenvalue weighted by Crippen LogP contribution is -2.22. The monoisotopic (exact) mass is 266 g/mol. The van der Waals surface area contributed by atoms with Gasteiger partial charge in [-0.3, -0.25) is 14.9 Å². The molecule has 2 N–H and O–H groups in total. The van der Waals surface area contributed by atoms with E-state index in [4.69, 9.17) is 5.11 Å². The van der Waals surface area contributed by atoms with Crippen molar-refractivity contribution in [2.75, 3.05) is 11.9 Å². The Labute approximate surface area is 111 Å². The van der Waals surface area contributed by atoms with Crippen molar-refractivity contribution in [1.82, 2.24) is 0 Å². The molecule has 1 rings (SSSR count). The van der Waals surface area contributed by atoms with E-state index in [1.54, 1.807) is 19.1 Å². The number of nitro benzene ring substituents is 1. The number of nitrogens with one attached hydrogen (secondary N) is 1. The number of aliphatic carboxylic acids is 1. The molecule has 0 bridgehead atoms. The summed E-state index contributed by atoms with van der Waals surface area (Å²) in [7, 11) is 0. The van der Waals surface area contributed by atoms with Crippen LogP contribution in [0.25, 0.3) is 0 Å². The summed E-state index contributed by atoms with van der Waals surface area (Å²) < 4.78 is 0. The van der Waals surface area contributed by atoms with Gasteiger partial charge in [0.05, 0.1) is 10.8 Å². The minimum atomic E-state index is -0.851. The number of carbonyl (C=O) groups is 1. The Balaban J connectivity index is 2.74. The highest BCUT2D eigenvalue weighted by Crippen LogP contribution is 2.22. The molecule has 1 aromatic rings. The van der Waals surface area contributed by atoms with Gasteiger partial charge in [0.15, 0.2) is 0 Å². The standard InChI is InChI=1S/C13H18N2O4/c1-3-4-10(13(16)17)8-14-11-6-5-9(2)12(7-11)15(18)19/h5-7,10,14H,3-4,8H2,1-2H3,(H,16,17). The quantitative estimate of drug-likeness (QED) is 0.584. The first-order chi connectivity index (χ1) is 8.95. The Kier molecular flexibility index (Phi) is 5.29. The van der Waals surface area contributed by atoms with Crippen LogP contribution in [0.1, 0.15) is 25.3 Å². The van der Waals surface area contributed by atoms with Crippen molar-refractivity contribution in [3.63, 3.8) is 0 Å². The minimum Gasteiger partial charge on any atom is -0.481 e. The zero-order chi connectivity index (χ0) is 14.4. The molecule has 1 unspecified atom stereocenters. The van der Waals surface area contributed by atoms with Gasteiger partial charge < -0.3 is 10.4 Å². The smallest absolute Gasteiger partial charge is 0.308 e. The highest BCUT2D eigenvalue weighted by atomic mass is 16.6. The Bertz CT molecular complexity index is 474. The van der Waals surface area contributed by atoms with E-state index in [9.17, 15) is 14.9 Å². The second-order valence-corrected chi connectivity index (χ2v) is 4.46. The maximum atomic E-state index is 11.0. The summed E-state index contributed by atoms with van der Waals surface area (Å²) in [5.41, 5.74) is 1.19. The first-order valence-electron chi connectivity index (χ1n) is 6.17. The van der Waals surface area contributed by atoms with Crippen LogP contribution in [0.3, 0.4) is 0 Å². The average molecular weight is 266 g/mol. The van der Waals surface area contributed by atoms with Crippen molar-refractivity contribution in [2.45, 2.75) is 26.7 Å². The zero-order valence-corrected chi connectivity index (χ0v) is 11.0. The molecule has 0 aliphatic rings. The summed E-state index contributed by atoms with van der Waals surface area (Å²) in [4.78, 5) is 21.4. The molecule has 0 aliphatic carbocycles. The van der Waals surface area contributed by atoms with Crippen LogP contribution in [0, 0.1) is 23.0 Å². The summed E-state index contributed by atoms with van der Waals surface area (Å²) >= 11 is 0. The lowest BCUT2D eigenvalue weighted by Gasteiger charge is -2.13. The largest absolute Gasteiger partial charge is 0.481 e. The molecule has 6 nitrogen and oxygen atoms in total. The van der Waals surface area contributed by atoms with Crippen LogP contribution in [0.2, 0.25) is 0 Å². The van der Waals surface area contributed by atoms with E-state index in [0.29, 0.717) is 17.7 Å². The number of carboxylic acid groups (broad SMARTS) is 1. The Morgan fingerprint density at radius 3 is 2.74 bits per heavy atom. The van der Waals surface area contributed by atoms with E-state index >= 15 is 0 Å². The number of nitrogens with zero attached hydrogens (tertiary/aromatic N) is 1. The highest BCUT2D eigenvalue weighted by Gasteiger charge is 2.17. The van der Waals surface area contributed by atoms with Gasteiger partial charge in [0, 0.05) is 23.9 Å². The molecule has 1 aromatic carbocycles. The van der Waals surface area contributed by atoms with Crippen molar-refractivity contribution in [1.29, 1.82) is 0 Å². The molecule has 0 aromatic heterocycles. The molecule has 0 amide bonds. The van der Waals surface area contributed by atoms with Crippen LogP contribution >= 0.6 is 0 Å². The van der Waals surface area contributed by atoms with Crippen LogP contribution in [-0.2, 0) is 4.79 Å². The van der Waals surface area contributed by atoms with Crippen LogP contribution in [0.15, 0.2) is 18.2 Å². The molecule has 0 spiro atoms. The third kappa shape index (κ3) is 4.24. The van der Waals surface area contributed by atoms with Crippen LogP contribution < -0.4 is 5.32 Å². The van der Waals surface area contributed by atoms with E-state index in [0.717, 1.165) is 6.42 Å². The summed E-state index contributed by atoms with van der Waals surface area (Å²) in [6, 6.07) is 4.80. The van der Waals surface area contributed by atoms with Crippen LogP contribution in [0.4, 0.5) is 11.4 Å². The van der Waals surface area contributed by atoms with E-state index in [2.05, 4.69) is 5.32 Å². The zero-order valence-electron chi connectivity index (χ0n) is 11.0. The van der Waals surface area contributed by atoms with Gasteiger partial charge in [0.2, 0.25) is 0 Å². The highest BCUT2D eigenvalue weighted by molar-refractivity contribution is 5.71. The third-order valence-electron chi connectivity index (χ3n) is 2.94. The second kappa shape index (κ2) is 6.72. The molecular formula is C13H18N2O4. The van der Waals surface area contributed by atoms with Crippen molar-refractivity contribution >= 4 is 17.3 Å². The van der Waals surface area contributed by atoms with Gasteiger partial charge in [-0.15, -0.1) is 0 Å². The molecular weight excluding hydrogens is 248 g/mol. The topological polar surface area (TPSA) is 92.5 Å². The molecule has 0 saturated heterocycles. The lowest BCUT2D eigenvalue weighted by atomic mass is 10.0. The number of carboxylic acids is 1. The number of benzene rings is 1. The van der Waals surface area contributed by atoms with Crippen molar-refractivity contribution in [3.05, 3.63) is 33.9 Å². The lowest BCUT2D eigenvalue weighted by molar-refractivity contribution is -0.385. The third-order valence-corrected chi connectivity index (χ3v) is 2.94. The van der Waals surface area contributed by atoms with Gasteiger partial charge in [-0.05, 0) is 19.4 Å². The maximum absolute atomic E-state index is 11.0. The molecule has 104 valence electrons. The fourth-order valence-electron chi connectivity index (χ4n) is 1.82. The molecule has 0 aliphatic heterocycles. The minimum absolute atomic E-state index is 0.0346. The molecule has 1 atom stereocenters. The first-order valence-corrected chi connectivity index (χ1v) is 6.17. The summed E-state index contributed by atoms with van der Waals surface area (Å²) in [6.45, 7) is 3.86. The fraction of sp³-hybridized carbons (Fsp3) is 0.462. The molecule has 0 radical (unpaired) electrons. The van der Waals surface area contributed by atoms with Crippen molar-refractivity contribution in [2.24, 2.45) is 5.92 Å². The fourth-order valence-corrected chi connectivity index (χ4v) is 1.82. The number of hydrogen-bond donors (Lipinski definition) is 2. The van der Waals surface area contributed by atoms with Gasteiger partial charge in [-0.1, -0.05) is 19.4 Å². The summed E-state index contributed by atoms with van der Waals surface area (Å²) in [6.07, 6.45) is 1.36. The Hall–Kier alpha value is -2.11. The number of rotatable bonds is 7. The normalized spacial score (nSPS) is 11.9. The summed E-state index contributed by atoms with van der Waals surface area (Å²) in [5, 5.41) is 22.8. The van der Waals surface area contributed by atoms with Crippen molar-refractivity contribution in [3.8, 4) is 0 Å². The van der Waals surface area contributed by atoms with Gasteiger partial charge >= 0.3 is 5.97 Å². The number of nitro groups is 1. The summed E-state index contributed by atoms with van der Waals surface area (Å²) in [5.74, 6) is -1.33. The molecule has 0 heterocycles. The van der Waals surface area contributed by atoms with Gasteiger partial charge in [0.25, 0.3) is 5.69 Å². The molecule has 6 heteroatoms. The second-order valence-electron chi connectivity index (χ2n) is 4.46. The van der Waals surface area contributed by atoms with Crippen LogP contribution in [0.5, 0.6) is 0 Å². The predicted octanol–water partition coefficient (Wildman–Crippen LogP) is 2.82. The number of anilines is 1. The number of hydrogen-bond acceptors (Lipinski definition) is 4. The van der Waals surface area contributed by atoms with Crippen molar-refractivity contribution < 1.29 is 14.8 Å². The van der Waals surface area contributed by atoms with E-state index in [1.165, 1.54) is 6.07 Å². The Morgan fingerprint density at radius 1 is 1.53 bits per heavy atom. The van der Waals surface area contributed by atoms with Gasteiger partial charge in [-0.2, -0.15) is 0 Å². The average Bonchev–Trinajstić information content (AvgIpc) is 2.35. The van der Waals surface area contributed by atoms with Crippen LogP contribution in [-0.4, -0.2) is 22.5 Å². The molecule has 0 saturated carbocycles. The maximum Gasteiger partial charge on any atom is 0.308 e. The molecule has 19 heavy (non-hydrogen) atoms.